The van der Waals surface area contributed by atoms with Crippen LogP contribution in [0.5, 0.6) is 0 Å². The minimum Gasteiger partial charge on any atom is -0.383 e. The van der Waals surface area contributed by atoms with Gasteiger partial charge in [0.05, 0.1) is 123 Å². The lowest BCUT2D eigenvalue weighted by Crippen LogP contribution is -2.36. The van der Waals surface area contributed by atoms with Crippen LogP contribution in [-0.2, 0) is 49.1 Å². The molecular weight excluding hydrogens is 714 g/mol. The zero-order valence-electron chi connectivity index (χ0n) is 31.8. The Balaban J connectivity index is 0.869. The zero-order valence-corrected chi connectivity index (χ0v) is 31.8. The van der Waals surface area contributed by atoms with Gasteiger partial charge in [0.1, 0.15) is 17.9 Å². The molecule has 18 heteroatoms. The van der Waals surface area contributed by atoms with E-state index in [1.807, 2.05) is 11.2 Å². The number of azide groups is 1. The van der Waals surface area contributed by atoms with Crippen LogP contribution in [0.1, 0.15) is 60.5 Å². The Morgan fingerprint density at radius 2 is 1.36 bits per heavy atom. The fourth-order valence-corrected chi connectivity index (χ4v) is 5.75. The van der Waals surface area contributed by atoms with E-state index in [0.717, 1.165) is 60.4 Å². The number of Topliss-reactive ketones (excluding diaryl/α,β-unsaturated/α-hetero) is 1. The van der Waals surface area contributed by atoms with Gasteiger partial charge in [-0.05, 0) is 35.6 Å². The summed E-state index contributed by atoms with van der Waals surface area (Å²) < 4.78 is 43.6. The number of hydrogen-bond acceptors (Lipinski definition) is 16. The molecular formula is C37H57N9O9. The van der Waals surface area contributed by atoms with E-state index in [4.69, 9.17) is 49.2 Å². The molecule has 1 aliphatic heterocycles. The van der Waals surface area contributed by atoms with Crippen molar-refractivity contribution in [1.82, 2.24) is 20.4 Å². The van der Waals surface area contributed by atoms with Crippen LogP contribution in [0.2, 0.25) is 0 Å². The number of nitrogens with two attached hydrogens (primary N) is 1. The van der Waals surface area contributed by atoms with Crippen molar-refractivity contribution in [3.8, 4) is 0 Å². The maximum absolute atomic E-state index is 12.4. The monoisotopic (exact) mass is 771 g/mol. The number of ether oxygens (including phenoxy) is 8. The van der Waals surface area contributed by atoms with Gasteiger partial charge < -0.3 is 43.6 Å². The average Bonchev–Trinajstić information content (AvgIpc) is 3.82. The highest BCUT2D eigenvalue weighted by atomic mass is 16.6. The number of unbranched alkanes of at least 4 members (excludes halogenated alkanes) is 2. The molecule has 0 fully saturated rings. The van der Waals surface area contributed by atoms with Crippen LogP contribution in [0.15, 0.2) is 29.8 Å². The third-order valence-electron chi connectivity index (χ3n) is 8.56. The normalized spacial score (nSPS) is 14.3. The maximum Gasteiger partial charge on any atom is 0.153 e. The Bertz CT molecular complexity index is 1470. The summed E-state index contributed by atoms with van der Waals surface area (Å²) in [4.78, 5) is 28.4. The van der Waals surface area contributed by atoms with E-state index in [9.17, 15) is 4.79 Å². The number of nitrogen functional groups attached to an aromatic ring is 1. The lowest BCUT2D eigenvalue weighted by atomic mass is 10.0. The molecule has 0 saturated heterocycles. The summed E-state index contributed by atoms with van der Waals surface area (Å²) in [7, 11) is 0. The van der Waals surface area contributed by atoms with Crippen molar-refractivity contribution in [2.45, 2.75) is 44.6 Å². The van der Waals surface area contributed by atoms with Gasteiger partial charge >= 0.3 is 0 Å². The highest BCUT2D eigenvalue weighted by Crippen LogP contribution is 2.38. The molecule has 0 radical (unpaired) electrons. The Kier molecular flexibility index (Phi) is 22.1. The van der Waals surface area contributed by atoms with Gasteiger partial charge in [-0.25, -0.2) is 15.4 Å². The van der Waals surface area contributed by atoms with Crippen LogP contribution in [0, 0.1) is 0 Å². The van der Waals surface area contributed by atoms with Gasteiger partial charge in [0, 0.05) is 43.5 Å². The number of fused-ring (bicyclic) bond motifs is 2. The smallest absolute Gasteiger partial charge is 0.153 e. The van der Waals surface area contributed by atoms with Crippen LogP contribution in [0.3, 0.4) is 0 Å². The second kappa shape index (κ2) is 27.7. The first kappa shape index (κ1) is 43.9. The van der Waals surface area contributed by atoms with E-state index in [1.165, 1.54) is 6.33 Å². The Labute approximate surface area is 322 Å². The number of nitrogens with zero attached hydrogens (tertiary/aromatic N) is 7. The van der Waals surface area contributed by atoms with Crippen molar-refractivity contribution in [3.63, 3.8) is 0 Å². The Hall–Kier alpha value is -3.81. The number of nitrogens with one attached hydrogen (secondary N) is 1. The number of rotatable bonds is 34. The molecule has 18 nitrogen and oxygen atoms in total. The SMILES string of the molecule is [N-]=[N+]=NCCOCCOCCOCCOCCOCCOCCOCCOCCC(=O)CCCCCN1NC(c2cnc3c(c2)C=CC3)c2c(N)ncnc21. The predicted octanol–water partition coefficient (Wildman–Crippen LogP) is 3.40. The van der Waals surface area contributed by atoms with Crippen molar-refractivity contribution in [1.29, 1.82) is 0 Å². The molecule has 1 atom stereocenters. The number of allylic oxidation sites excluding steroid dienone is 1. The summed E-state index contributed by atoms with van der Waals surface area (Å²) in [6, 6.07) is 1.99. The molecule has 0 spiro atoms. The molecule has 2 aliphatic rings. The van der Waals surface area contributed by atoms with Gasteiger partial charge in [0.2, 0.25) is 0 Å². The molecule has 3 heterocycles. The molecule has 2 aromatic heterocycles. The van der Waals surface area contributed by atoms with Crippen molar-refractivity contribution in [3.05, 3.63) is 57.5 Å². The summed E-state index contributed by atoms with van der Waals surface area (Å²) in [6.07, 6.45) is 12.1. The summed E-state index contributed by atoms with van der Waals surface area (Å²) in [5, 5.41) is 5.42. The molecule has 2 aromatic rings. The summed E-state index contributed by atoms with van der Waals surface area (Å²) in [6.45, 7) is 8.41. The highest BCUT2D eigenvalue weighted by Gasteiger charge is 2.33. The lowest BCUT2D eigenvalue weighted by molar-refractivity contribution is -0.120. The van der Waals surface area contributed by atoms with Gasteiger partial charge in [-0.1, -0.05) is 23.7 Å². The third kappa shape index (κ3) is 17.3. The number of anilines is 2. The Morgan fingerprint density at radius 3 is 1.96 bits per heavy atom. The van der Waals surface area contributed by atoms with E-state index in [1.54, 1.807) is 0 Å². The molecule has 3 N–H and O–H groups in total. The minimum atomic E-state index is -0.162. The fourth-order valence-electron chi connectivity index (χ4n) is 5.75. The number of carbonyl (C=O) groups excluding carboxylic acids is 1. The highest BCUT2D eigenvalue weighted by molar-refractivity contribution is 5.78. The number of hydrazine groups is 1. The first-order valence-electron chi connectivity index (χ1n) is 19.1. The molecule has 304 valence electrons. The van der Waals surface area contributed by atoms with Crippen molar-refractivity contribution in [2.24, 2.45) is 5.11 Å². The van der Waals surface area contributed by atoms with E-state index in [2.05, 4.69) is 48.6 Å². The van der Waals surface area contributed by atoms with E-state index in [-0.39, 0.29) is 11.8 Å². The largest absolute Gasteiger partial charge is 0.383 e. The maximum atomic E-state index is 12.4. The van der Waals surface area contributed by atoms with Crippen LogP contribution in [0.4, 0.5) is 11.6 Å². The summed E-state index contributed by atoms with van der Waals surface area (Å²) >= 11 is 0. The Morgan fingerprint density at radius 1 is 0.782 bits per heavy atom. The van der Waals surface area contributed by atoms with Gasteiger partial charge in [-0.2, -0.15) is 0 Å². The van der Waals surface area contributed by atoms with Gasteiger partial charge in [-0.3, -0.25) is 14.8 Å². The van der Waals surface area contributed by atoms with E-state index in [0.29, 0.717) is 131 Å². The summed E-state index contributed by atoms with van der Waals surface area (Å²) in [5.74, 6) is 1.46. The molecule has 0 amide bonds. The molecule has 1 unspecified atom stereocenters. The summed E-state index contributed by atoms with van der Waals surface area (Å²) in [5.41, 5.74) is 22.1. The zero-order chi connectivity index (χ0) is 38.6. The topological polar surface area (TPSA) is 220 Å². The van der Waals surface area contributed by atoms with Gasteiger partial charge in [0.15, 0.2) is 5.82 Å². The van der Waals surface area contributed by atoms with Crippen molar-refractivity contribution >= 4 is 23.5 Å². The van der Waals surface area contributed by atoms with Crippen LogP contribution >= 0.6 is 0 Å². The van der Waals surface area contributed by atoms with E-state index >= 15 is 0 Å². The quantitative estimate of drug-likeness (QED) is 0.0451. The predicted molar refractivity (Wildman–Crippen MR) is 204 cm³/mol. The average molecular weight is 772 g/mol. The third-order valence-corrected chi connectivity index (χ3v) is 8.56. The number of carbonyl (C=O) groups is 1. The first-order chi connectivity index (χ1) is 27.2. The fraction of sp³-hybridized carbons (Fsp3) is 0.676. The molecule has 0 aromatic carbocycles. The first-order valence-corrected chi connectivity index (χ1v) is 19.1. The minimum absolute atomic E-state index is 0.162. The van der Waals surface area contributed by atoms with Crippen molar-refractivity contribution < 1.29 is 42.7 Å². The van der Waals surface area contributed by atoms with Gasteiger partial charge in [0.25, 0.3) is 0 Å². The van der Waals surface area contributed by atoms with Crippen LogP contribution in [0.25, 0.3) is 16.5 Å². The lowest BCUT2D eigenvalue weighted by Gasteiger charge is -2.20. The molecule has 1 aliphatic carbocycles. The number of pyridine rings is 1. The van der Waals surface area contributed by atoms with Crippen LogP contribution < -0.4 is 16.2 Å². The molecule has 0 saturated carbocycles. The standard InChI is InChI=1S/C37H57N9O9/c38-36-34-35(31-27-30-5-4-7-33(30)40-28-31)44-46(37(34)42-29-41-36)10-3-1-2-6-32(47)8-11-48-13-15-50-17-19-52-21-23-54-25-26-55-24-22-53-20-18-51-16-14-49-12-9-43-45-39/h4-5,27-29,35,44H,1-3,6-26H2,(H2,38,41,42). The second-order valence-electron chi connectivity index (χ2n) is 12.6. The number of ketones is 1. The second-order valence-corrected chi connectivity index (χ2v) is 12.6. The molecule has 55 heavy (non-hydrogen) atoms. The number of aromatic nitrogens is 3. The molecule has 4 rings (SSSR count). The number of hydrogen-bond donors (Lipinski definition) is 2. The van der Waals surface area contributed by atoms with E-state index < -0.39 is 0 Å². The van der Waals surface area contributed by atoms with Gasteiger partial charge in [-0.15, -0.1) is 0 Å². The van der Waals surface area contributed by atoms with Crippen molar-refractivity contribution in [2.75, 3.05) is 130 Å². The van der Waals surface area contributed by atoms with Crippen LogP contribution in [-0.4, -0.2) is 140 Å². The molecule has 0 bridgehead atoms.